The number of aliphatic hydroxyl groups is 1. The van der Waals surface area contributed by atoms with Crippen LogP contribution >= 0.6 is 0 Å². The van der Waals surface area contributed by atoms with Gasteiger partial charge in [-0.15, -0.1) is 4.91 Å². The molecule has 2 aromatic heterocycles. The number of benzene rings is 2. The van der Waals surface area contributed by atoms with Gasteiger partial charge in [-0.1, -0.05) is 50.3 Å². The second-order valence-electron chi connectivity index (χ2n) is 19.2. The maximum Gasteiger partial charge on any atom is 0.268 e. The van der Waals surface area contributed by atoms with Gasteiger partial charge >= 0.3 is 0 Å². The number of aromatic nitrogens is 2. The highest BCUT2D eigenvalue weighted by atomic mass is 32.2. The Kier molecular flexibility index (Phi) is 11.9. The summed E-state index contributed by atoms with van der Waals surface area (Å²) in [4.78, 5) is 39.3. The van der Waals surface area contributed by atoms with Gasteiger partial charge < -0.3 is 20.1 Å². The number of amides is 1. The number of nitrogens with one attached hydrogen (secondary N) is 2. The summed E-state index contributed by atoms with van der Waals surface area (Å²) in [5.74, 6) is 0.651. The lowest BCUT2D eigenvalue weighted by atomic mass is 9.59. The van der Waals surface area contributed by atoms with Crippen LogP contribution in [0.3, 0.4) is 0 Å². The zero-order valence-electron chi connectivity index (χ0n) is 36.6. The molecule has 63 heavy (non-hydrogen) atoms. The molecule has 2 saturated heterocycles. The van der Waals surface area contributed by atoms with Crippen LogP contribution < -0.4 is 19.7 Å². The van der Waals surface area contributed by atoms with Crippen LogP contribution in [0.5, 0.6) is 11.5 Å². The summed E-state index contributed by atoms with van der Waals surface area (Å²) in [7, 11) is -4.49. The van der Waals surface area contributed by atoms with Gasteiger partial charge in [0.15, 0.2) is 11.5 Å². The van der Waals surface area contributed by atoms with E-state index in [1.54, 1.807) is 12.3 Å². The number of nitroso groups, excluding NO2 is 1. The molecule has 1 atom stereocenters. The summed E-state index contributed by atoms with van der Waals surface area (Å²) >= 11 is 0. The van der Waals surface area contributed by atoms with Crippen molar-refractivity contribution in [1.29, 1.82) is 0 Å². The number of nitrogens with zero attached hydrogens (tertiary/aromatic N) is 5. The van der Waals surface area contributed by atoms with E-state index < -0.39 is 21.5 Å². The molecule has 0 bridgehead atoms. The molecule has 0 radical (unpaired) electrons. The number of hydrogen-bond donors (Lipinski definition) is 3. The minimum atomic E-state index is -4.49. The van der Waals surface area contributed by atoms with Crippen LogP contribution in [-0.4, -0.2) is 72.1 Å². The molecule has 2 aliphatic heterocycles. The molecule has 13 nitrogen and oxygen atoms in total. The Bertz CT molecular complexity index is 2500. The molecular weight excluding hydrogens is 815 g/mol. The van der Waals surface area contributed by atoms with E-state index in [4.69, 9.17) is 4.74 Å². The van der Waals surface area contributed by atoms with Crippen LogP contribution in [0, 0.1) is 16.2 Å². The number of allylic oxidation sites excluding steroid dienone is 1. The molecule has 2 saturated carbocycles. The molecule has 9 rings (SSSR count). The minimum Gasteiger partial charge on any atom is -0.455 e. The number of pyridine rings is 2. The Morgan fingerprint density at radius 2 is 1.76 bits per heavy atom. The molecule has 332 valence electrons. The second-order valence-corrected chi connectivity index (χ2v) is 20.9. The number of sulfonamides is 1. The number of ether oxygens (including phenoxy) is 1. The molecule has 3 aliphatic carbocycles. The lowest BCUT2D eigenvalue weighted by molar-refractivity contribution is -0.0227. The van der Waals surface area contributed by atoms with Crippen molar-refractivity contribution in [2.75, 3.05) is 36.4 Å². The summed E-state index contributed by atoms with van der Waals surface area (Å²) < 4.78 is 35.9. The number of fused-ring (bicyclic) bond motifs is 1. The fourth-order valence-electron chi connectivity index (χ4n) is 10.8. The highest BCUT2D eigenvalue weighted by Crippen LogP contribution is 2.54. The van der Waals surface area contributed by atoms with Gasteiger partial charge in [0.25, 0.3) is 15.9 Å². The highest BCUT2D eigenvalue weighted by Gasteiger charge is 2.50. The molecule has 4 fully saturated rings. The second kappa shape index (κ2) is 17.4. The first kappa shape index (κ1) is 43.1. The normalized spacial score (nSPS) is 23.4. The Hall–Kier alpha value is -5.18. The molecule has 1 amide bonds. The van der Waals surface area contributed by atoms with Gasteiger partial charge in [0, 0.05) is 56.1 Å². The Morgan fingerprint density at radius 1 is 0.984 bits per heavy atom. The maximum atomic E-state index is 14.0. The fourth-order valence-corrected chi connectivity index (χ4v) is 11.7. The Balaban J connectivity index is 0.885. The van der Waals surface area contributed by atoms with Crippen molar-refractivity contribution >= 4 is 39.2 Å². The van der Waals surface area contributed by atoms with E-state index in [1.807, 2.05) is 37.3 Å². The molecule has 4 aromatic rings. The van der Waals surface area contributed by atoms with Crippen molar-refractivity contribution in [2.45, 2.75) is 120 Å². The largest absolute Gasteiger partial charge is 0.455 e. The van der Waals surface area contributed by atoms with Gasteiger partial charge in [0.2, 0.25) is 0 Å². The Labute approximate surface area is 370 Å². The average Bonchev–Trinajstić information content (AvgIpc) is 3.95. The lowest BCUT2D eigenvalue weighted by Crippen LogP contribution is -2.54. The average molecular weight is 874 g/mol. The molecule has 3 N–H and O–H groups in total. The highest BCUT2D eigenvalue weighted by molar-refractivity contribution is 7.90. The monoisotopic (exact) mass is 873 g/mol. The zero-order chi connectivity index (χ0) is 43.9. The fraction of sp³-hybridized carbons (Fsp3) is 0.490. The third-order valence-electron chi connectivity index (χ3n) is 14.5. The standard InChI is InChI=1S/C49H59N7O6S/c1-32(2)39-9-4-5-10-40(39)44-12-7-21-56(44)36-27-49(28-36)19-22-55(23-20-49)35-13-14-41(45(25-35)62-37-24-34-8-6-11-42(34)50-30-37)47(57)54-63(60,61)38-26-43(53-59)46(52-31-38)51-29-33-15-17-48(3,58)18-16-33/h4-6,8-10,13-14,24-26,30-33,36,44,58H,7,11-12,15-23,27-29H2,1-3H3,(H,51,52)(H,54,57)/t33?,44-,48?/m1/s1. The third-order valence-corrected chi connectivity index (χ3v) is 15.8. The van der Waals surface area contributed by atoms with E-state index in [2.05, 4.69) is 73.1 Å². The first-order chi connectivity index (χ1) is 30.3. The van der Waals surface area contributed by atoms with Crippen molar-refractivity contribution in [3.8, 4) is 11.5 Å². The smallest absolute Gasteiger partial charge is 0.268 e. The van der Waals surface area contributed by atoms with Crippen molar-refractivity contribution in [2.24, 2.45) is 16.5 Å². The summed E-state index contributed by atoms with van der Waals surface area (Å²) in [5.41, 5.74) is 5.22. The van der Waals surface area contributed by atoms with Crippen LogP contribution in [0.1, 0.15) is 130 Å². The van der Waals surface area contributed by atoms with E-state index in [0.717, 1.165) is 80.9 Å². The molecule has 5 aliphatic rings. The zero-order valence-corrected chi connectivity index (χ0v) is 37.4. The lowest BCUT2D eigenvalue weighted by Gasteiger charge is -2.56. The number of piperidine rings is 1. The predicted molar refractivity (Wildman–Crippen MR) is 245 cm³/mol. The number of carbonyl (C=O) groups excluding carboxylic acids is 1. The minimum absolute atomic E-state index is 0.0272. The van der Waals surface area contributed by atoms with Gasteiger partial charge in [-0.25, -0.2) is 18.1 Å². The van der Waals surface area contributed by atoms with Crippen molar-refractivity contribution in [3.63, 3.8) is 0 Å². The molecule has 0 unspecified atom stereocenters. The van der Waals surface area contributed by atoms with E-state index in [1.165, 1.54) is 36.8 Å². The Morgan fingerprint density at radius 3 is 2.52 bits per heavy atom. The molecular formula is C49H59N7O6S. The van der Waals surface area contributed by atoms with Crippen LogP contribution in [0.15, 0.2) is 83.1 Å². The summed E-state index contributed by atoms with van der Waals surface area (Å²) in [6.07, 6.45) is 17.5. The van der Waals surface area contributed by atoms with Gasteiger partial charge in [-0.05, 0) is 141 Å². The number of rotatable bonds is 13. The maximum absolute atomic E-state index is 14.0. The summed E-state index contributed by atoms with van der Waals surface area (Å²) in [5, 5.41) is 16.5. The number of likely N-dealkylation sites (tertiary alicyclic amines) is 1. The molecule has 1 spiro atoms. The van der Waals surface area contributed by atoms with E-state index in [0.29, 0.717) is 48.6 Å². The first-order valence-electron chi connectivity index (χ1n) is 22.7. The van der Waals surface area contributed by atoms with Crippen LogP contribution in [0.4, 0.5) is 17.2 Å². The van der Waals surface area contributed by atoms with E-state index in [9.17, 15) is 23.2 Å². The SMILES string of the molecule is CC(C)c1ccccc1[C@H]1CCCN1C1CC2(CCN(c3ccc(C(=O)NS(=O)(=O)c4cnc(NCC5CCC(C)(O)CC5)c(N=O)c4)c(Oc4cnc5c(c4)C=CC5)c3)CC2)C1. The third kappa shape index (κ3) is 9.12. The quantitative estimate of drug-likeness (QED) is 0.110. The molecule has 4 heterocycles. The van der Waals surface area contributed by atoms with Crippen LogP contribution in [-0.2, 0) is 16.4 Å². The molecule has 2 aromatic carbocycles. The van der Waals surface area contributed by atoms with Gasteiger partial charge in [0.05, 0.1) is 23.1 Å². The number of hydrogen-bond acceptors (Lipinski definition) is 12. The van der Waals surface area contributed by atoms with Gasteiger partial charge in [-0.2, -0.15) is 0 Å². The van der Waals surface area contributed by atoms with E-state index in [-0.39, 0.29) is 33.6 Å². The van der Waals surface area contributed by atoms with Crippen molar-refractivity contribution < 1.29 is 23.1 Å². The number of carbonyl (C=O) groups is 1. The van der Waals surface area contributed by atoms with Gasteiger partial charge in [-0.3, -0.25) is 14.7 Å². The van der Waals surface area contributed by atoms with Crippen molar-refractivity contribution in [1.82, 2.24) is 19.6 Å². The first-order valence-corrected chi connectivity index (χ1v) is 24.2. The van der Waals surface area contributed by atoms with Crippen LogP contribution in [0.2, 0.25) is 0 Å². The topological polar surface area (TPSA) is 166 Å². The van der Waals surface area contributed by atoms with Gasteiger partial charge in [0.1, 0.15) is 16.4 Å². The summed E-state index contributed by atoms with van der Waals surface area (Å²) in [6.45, 7) is 9.81. The van der Waals surface area contributed by atoms with Crippen LogP contribution in [0.25, 0.3) is 6.08 Å². The predicted octanol–water partition coefficient (Wildman–Crippen LogP) is 9.42. The molecule has 14 heteroatoms. The summed E-state index contributed by atoms with van der Waals surface area (Å²) in [6, 6.07) is 18.4. The van der Waals surface area contributed by atoms with E-state index >= 15 is 0 Å². The number of anilines is 2. The van der Waals surface area contributed by atoms with Crippen molar-refractivity contribution in [3.05, 3.63) is 106 Å².